The summed E-state index contributed by atoms with van der Waals surface area (Å²) in [6.07, 6.45) is -7.91. The third kappa shape index (κ3) is 3.54. The van der Waals surface area contributed by atoms with E-state index < -0.39 is 82.1 Å². The highest BCUT2D eigenvalue weighted by atomic mass is 19.4. The van der Waals surface area contributed by atoms with Crippen LogP contribution in [0, 0.1) is 29.1 Å². The Hall–Kier alpha value is -2.64. The van der Waals surface area contributed by atoms with Crippen LogP contribution in [0.5, 0.6) is 0 Å². The van der Waals surface area contributed by atoms with Gasteiger partial charge in [0.05, 0.1) is 5.56 Å². The van der Waals surface area contributed by atoms with Gasteiger partial charge in [0.1, 0.15) is 0 Å². The first-order valence-corrected chi connectivity index (χ1v) is 7.52. The predicted molar refractivity (Wildman–Crippen MR) is 67.4 cm³/mol. The van der Waals surface area contributed by atoms with E-state index in [0.29, 0.717) is 0 Å². The van der Waals surface area contributed by atoms with Gasteiger partial charge in [0.25, 0.3) is 0 Å². The van der Waals surface area contributed by atoms with E-state index in [1.807, 2.05) is 0 Å². The predicted octanol–water partition coefficient (Wildman–Crippen LogP) is 6.37. The zero-order chi connectivity index (χ0) is 28.5. The minimum atomic E-state index is -8.83. The van der Waals surface area contributed by atoms with Gasteiger partial charge in [-0.3, -0.25) is 0 Å². The molecule has 1 atom stereocenters. The molecule has 0 bridgehead atoms. The maximum absolute atomic E-state index is 14.6. The molecule has 0 radical (unpaired) electrons. The summed E-state index contributed by atoms with van der Waals surface area (Å²) >= 11 is 0. The quantitative estimate of drug-likeness (QED) is 0.239. The number of aliphatic carboxylic acids is 1. The lowest BCUT2D eigenvalue weighted by molar-refractivity contribution is -0.446. The summed E-state index contributed by atoms with van der Waals surface area (Å²) in [6, 6.07) is 0. The molecule has 35 heavy (non-hydrogen) atoms. The second-order valence-corrected chi connectivity index (χ2v) is 6.28. The molecule has 0 aliphatic rings. The van der Waals surface area contributed by atoms with Crippen LogP contribution in [-0.4, -0.2) is 46.9 Å². The van der Waals surface area contributed by atoms with Crippen molar-refractivity contribution in [1.82, 2.24) is 0 Å². The first kappa shape index (κ1) is 30.4. The third-order valence-electron chi connectivity index (χ3n) is 4.22. The Bertz CT molecular complexity index is 996. The molecule has 0 saturated heterocycles. The monoisotopic (exact) mass is 562 g/mol. The van der Waals surface area contributed by atoms with Crippen LogP contribution in [-0.2, 0) is 10.5 Å². The molecule has 0 fully saturated rings. The molecule has 2 nitrogen and oxygen atoms in total. The van der Waals surface area contributed by atoms with E-state index in [1.54, 1.807) is 0 Å². The van der Waals surface area contributed by atoms with Crippen LogP contribution in [0.3, 0.4) is 0 Å². The molecule has 0 aromatic heterocycles. The standard InChI is InChI=1S/C14HF19O2/c15-2-1(3(16)5(18)6(19)4(2)17)8(20,7(34)35)9(21,22)10(23,24)11(25,26)12(27,28)13(29,30)14(31,32)33/h(H,34,35). The van der Waals surface area contributed by atoms with Crippen LogP contribution in [0.25, 0.3) is 0 Å². The lowest BCUT2D eigenvalue weighted by Gasteiger charge is -2.42. The molecule has 1 rings (SSSR count). The number of rotatable bonds is 7. The van der Waals surface area contributed by atoms with E-state index >= 15 is 0 Å². The minimum absolute atomic E-state index is 3.41. The van der Waals surface area contributed by atoms with Gasteiger partial charge in [-0.1, -0.05) is 0 Å². The van der Waals surface area contributed by atoms with Crippen LogP contribution in [0.4, 0.5) is 83.4 Å². The fraction of sp³-hybridized carbons (Fsp3) is 0.500. The van der Waals surface area contributed by atoms with Crippen molar-refractivity contribution >= 4 is 5.97 Å². The molecule has 0 spiro atoms. The second kappa shape index (κ2) is 7.93. The average Bonchev–Trinajstić information content (AvgIpc) is 2.68. The van der Waals surface area contributed by atoms with Gasteiger partial charge < -0.3 is 5.11 Å². The van der Waals surface area contributed by atoms with Gasteiger partial charge >= 0.3 is 47.4 Å². The van der Waals surface area contributed by atoms with E-state index in [4.69, 9.17) is 5.11 Å². The van der Waals surface area contributed by atoms with Crippen molar-refractivity contribution < 1.29 is 93.3 Å². The zero-order valence-corrected chi connectivity index (χ0v) is 15.0. The summed E-state index contributed by atoms with van der Waals surface area (Å²) in [5.74, 6) is -66.4. The summed E-state index contributed by atoms with van der Waals surface area (Å²) in [7, 11) is 0. The first-order chi connectivity index (χ1) is 15.1. The maximum Gasteiger partial charge on any atom is 0.460 e. The minimum Gasteiger partial charge on any atom is -0.478 e. The lowest BCUT2D eigenvalue weighted by atomic mass is 9.80. The van der Waals surface area contributed by atoms with Crippen molar-refractivity contribution in [2.45, 2.75) is 41.5 Å². The number of benzene rings is 1. The van der Waals surface area contributed by atoms with Gasteiger partial charge in [-0.25, -0.2) is 31.1 Å². The van der Waals surface area contributed by atoms with E-state index in [1.165, 1.54) is 0 Å². The highest BCUT2D eigenvalue weighted by Crippen LogP contribution is 2.63. The van der Waals surface area contributed by atoms with Gasteiger partial charge in [-0.15, -0.1) is 0 Å². The molecule has 0 saturated carbocycles. The van der Waals surface area contributed by atoms with Crippen molar-refractivity contribution in [3.8, 4) is 0 Å². The molecule has 21 heteroatoms. The Labute approximate surface area is 176 Å². The van der Waals surface area contributed by atoms with Gasteiger partial charge in [-0.05, 0) is 0 Å². The fourth-order valence-corrected chi connectivity index (χ4v) is 2.29. The van der Waals surface area contributed by atoms with Crippen LogP contribution >= 0.6 is 0 Å². The van der Waals surface area contributed by atoms with Crippen LogP contribution < -0.4 is 0 Å². The zero-order valence-electron chi connectivity index (χ0n) is 15.0. The second-order valence-electron chi connectivity index (χ2n) is 6.28. The topological polar surface area (TPSA) is 37.3 Å². The van der Waals surface area contributed by atoms with E-state index in [2.05, 4.69) is 0 Å². The summed E-state index contributed by atoms with van der Waals surface area (Å²) in [6.45, 7) is 0. The molecular formula is C14HF19O2. The molecule has 0 amide bonds. The number of hydrogen-bond donors (Lipinski definition) is 1. The number of alkyl halides is 14. The molecular weight excluding hydrogens is 561 g/mol. The number of halogens is 19. The maximum atomic E-state index is 14.6. The van der Waals surface area contributed by atoms with Gasteiger partial charge in [-0.2, -0.15) is 57.1 Å². The van der Waals surface area contributed by atoms with E-state index in [0.717, 1.165) is 0 Å². The number of carbonyl (C=O) groups is 1. The summed E-state index contributed by atoms with van der Waals surface area (Å²) in [5.41, 5.74) is -11.6. The molecule has 0 aliphatic heterocycles. The number of hydrogen-bond acceptors (Lipinski definition) is 1. The summed E-state index contributed by atoms with van der Waals surface area (Å²) in [4.78, 5) is 10.8. The lowest BCUT2D eigenvalue weighted by Crippen LogP contribution is -2.73. The smallest absolute Gasteiger partial charge is 0.460 e. The molecule has 1 aromatic carbocycles. The van der Waals surface area contributed by atoms with Crippen LogP contribution in [0.15, 0.2) is 0 Å². The SMILES string of the molecule is O=C(O)C(F)(c1c(F)c(F)c(F)c(F)c1F)C(F)(F)C(F)(F)C(F)(F)C(F)(F)C(F)(F)C(F)(F)F. The Balaban J connectivity index is 4.12. The molecule has 0 aliphatic carbocycles. The normalized spacial score (nSPS) is 16.3. The largest absolute Gasteiger partial charge is 0.478 e. The van der Waals surface area contributed by atoms with Crippen molar-refractivity contribution in [2.75, 3.05) is 0 Å². The fourth-order valence-electron chi connectivity index (χ4n) is 2.29. The van der Waals surface area contributed by atoms with E-state index in [9.17, 15) is 88.2 Å². The number of carboxylic acid groups (broad SMARTS) is 1. The van der Waals surface area contributed by atoms with Crippen molar-refractivity contribution in [1.29, 1.82) is 0 Å². The van der Waals surface area contributed by atoms with Gasteiger partial charge in [0.15, 0.2) is 23.3 Å². The van der Waals surface area contributed by atoms with Crippen LogP contribution in [0.1, 0.15) is 5.56 Å². The molecule has 1 unspecified atom stereocenters. The number of carboxylic acids is 1. The Morgan fingerprint density at radius 2 is 0.714 bits per heavy atom. The summed E-state index contributed by atoms with van der Waals surface area (Å²) < 4.78 is 252. The average molecular weight is 562 g/mol. The van der Waals surface area contributed by atoms with Crippen LogP contribution in [0.2, 0.25) is 0 Å². The Kier molecular flexibility index (Phi) is 6.89. The molecule has 1 aromatic rings. The van der Waals surface area contributed by atoms with Gasteiger partial charge in [0, 0.05) is 0 Å². The highest BCUT2D eigenvalue weighted by Gasteiger charge is 2.94. The van der Waals surface area contributed by atoms with Crippen molar-refractivity contribution in [3.05, 3.63) is 34.6 Å². The molecule has 0 heterocycles. The van der Waals surface area contributed by atoms with Crippen molar-refractivity contribution in [2.24, 2.45) is 0 Å². The highest BCUT2D eigenvalue weighted by molar-refractivity contribution is 5.81. The molecule has 1 N–H and O–H groups in total. The molecule has 202 valence electrons. The Morgan fingerprint density at radius 1 is 0.457 bits per heavy atom. The van der Waals surface area contributed by atoms with E-state index in [-0.39, 0.29) is 0 Å². The first-order valence-electron chi connectivity index (χ1n) is 7.52. The van der Waals surface area contributed by atoms with Gasteiger partial charge in [0.2, 0.25) is 5.82 Å². The third-order valence-corrected chi connectivity index (χ3v) is 4.22. The Morgan fingerprint density at radius 3 is 1.00 bits per heavy atom. The van der Waals surface area contributed by atoms with Crippen molar-refractivity contribution in [3.63, 3.8) is 0 Å². The summed E-state index contributed by atoms with van der Waals surface area (Å²) in [5, 5.41) is 8.42.